The predicted octanol–water partition coefficient (Wildman–Crippen LogP) is 4.39. The van der Waals surface area contributed by atoms with E-state index in [0.717, 1.165) is 11.3 Å². The molecule has 0 aliphatic heterocycles. The Kier molecular flexibility index (Phi) is 6.30. The van der Waals surface area contributed by atoms with E-state index in [-0.39, 0.29) is 28.4 Å². The van der Waals surface area contributed by atoms with Crippen LogP contribution in [0.5, 0.6) is 0 Å². The molecule has 0 spiro atoms. The zero-order valence-electron chi connectivity index (χ0n) is 15.5. The number of aromatic nitrogens is 2. The van der Waals surface area contributed by atoms with Crippen molar-refractivity contribution in [1.82, 2.24) is 14.5 Å². The highest BCUT2D eigenvalue weighted by atomic mass is 35.5. The van der Waals surface area contributed by atoms with E-state index in [1.807, 2.05) is 0 Å². The van der Waals surface area contributed by atoms with Crippen LogP contribution in [0.1, 0.15) is 24.2 Å². The van der Waals surface area contributed by atoms with E-state index < -0.39 is 15.9 Å². The Morgan fingerprint density at radius 3 is 2.41 bits per heavy atom. The van der Waals surface area contributed by atoms with Crippen molar-refractivity contribution < 1.29 is 17.6 Å². The Labute approximate surface area is 181 Å². The number of carbonyl (C=O) groups excluding carboxylic acids is 1. The van der Waals surface area contributed by atoms with E-state index in [1.165, 1.54) is 35.6 Å². The summed E-state index contributed by atoms with van der Waals surface area (Å²) in [6.45, 7) is 3.55. The van der Waals surface area contributed by atoms with Crippen molar-refractivity contribution in [2.45, 2.75) is 24.8 Å². The lowest BCUT2D eigenvalue weighted by Crippen LogP contribution is -2.33. The molecule has 0 saturated carbocycles. The van der Waals surface area contributed by atoms with Crippen LogP contribution in [0.15, 0.2) is 39.6 Å². The summed E-state index contributed by atoms with van der Waals surface area (Å²) in [6.07, 6.45) is 0. The minimum atomic E-state index is -3.63. The second kappa shape index (κ2) is 8.41. The SMILES string of the molecule is CC(C)N(C)S(=O)(=O)c1ccc(C(=O)Nc2nnc(-c3cc(Cl)sc3Cl)o2)cc1. The Balaban J connectivity index is 1.74. The van der Waals surface area contributed by atoms with Gasteiger partial charge in [-0.15, -0.1) is 16.4 Å². The number of carbonyl (C=O) groups is 1. The van der Waals surface area contributed by atoms with Gasteiger partial charge in [-0.3, -0.25) is 10.1 Å². The maximum absolute atomic E-state index is 12.5. The highest BCUT2D eigenvalue weighted by Gasteiger charge is 2.23. The van der Waals surface area contributed by atoms with Crippen molar-refractivity contribution in [3.8, 4) is 11.5 Å². The number of hydrogen-bond acceptors (Lipinski definition) is 7. The normalized spacial score (nSPS) is 12.0. The molecule has 0 unspecified atom stereocenters. The fourth-order valence-corrected chi connectivity index (χ4v) is 5.08. The molecule has 3 rings (SSSR count). The molecule has 0 fully saturated rings. The fraction of sp³-hybridized carbons (Fsp3) is 0.235. The highest BCUT2D eigenvalue weighted by molar-refractivity contribution is 7.89. The Morgan fingerprint density at radius 2 is 1.86 bits per heavy atom. The van der Waals surface area contributed by atoms with E-state index in [4.69, 9.17) is 27.6 Å². The number of amides is 1. The first-order valence-corrected chi connectivity index (χ1v) is 11.3. The van der Waals surface area contributed by atoms with Crippen LogP contribution in [0, 0.1) is 0 Å². The number of anilines is 1. The molecule has 0 aliphatic carbocycles. The second-order valence-electron chi connectivity index (χ2n) is 6.24. The van der Waals surface area contributed by atoms with Gasteiger partial charge in [-0.1, -0.05) is 28.3 Å². The molecule has 0 atom stereocenters. The number of halogens is 2. The van der Waals surface area contributed by atoms with Crippen molar-refractivity contribution in [1.29, 1.82) is 0 Å². The number of hydrogen-bond donors (Lipinski definition) is 1. The third-order valence-corrected chi connectivity index (χ3v) is 7.59. The van der Waals surface area contributed by atoms with Gasteiger partial charge in [0.05, 0.1) is 14.8 Å². The first-order valence-electron chi connectivity index (χ1n) is 8.27. The van der Waals surface area contributed by atoms with Crippen molar-refractivity contribution in [3.05, 3.63) is 44.6 Å². The fourth-order valence-electron chi connectivity index (χ4n) is 2.26. The van der Waals surface area contributed by atoms with Gasteiger partial charge in [0, 0.05) is 18.7 Å². The van der Waals surface area contributed by atoms with Crippen LogP contribution in [0.25, 0.3) is 11.5 Å². The molecular weight excluding hydrogens is 459 g/mol. The van der Waals surface area contributed by atoms with E-state index in [0.29, 0.717) is 14.2 Å². The van der Waals surface area contributed by atoms with Gasteiger partial charge >= 0.3 is 6.01 Å². The monoisotopic (exact) mass is 474 g/mol. The van der Waals surface area contributed by atoms with Gasteiger partial charge in [0.2, 0.25) is 10.0 Å². The van der Waals surface area contributed by atoms with Gasteiger partial charge in [0.25, 0.3) is 11.8 Å². The molecule has 1 aromatic carbocycles. The van der Waals surface area contributed by atoms with Crippen molar-refractivity contribution in [2.75, 3.05) is 12.4 Å². The van der Waals surface area contributed by atoms with Crippen LogP contribution in [0.2, 0.25) is 8.67 Å². The molecule has 2 aromatic heterocycles. The summed E-state index contributed by atoms with van der Waals surface area (Å²) in [5.74, 6) is -0.414. The lowest BCUT2D eigenvalue weighted by Gasteiger charge is -2.20. The average molecular weight is 475 g/mol. The third kappa shape index (κ3) is 4.62. The summed E-state index contributed by atoms with van der Waals surface area (Å²) >= 11 is 13.1. The quantitative estimate of drug-likeness (QED) is 0.567. The number of sulfonamides is 1. The number of benzene rings is 1. The van der Waals surface area contributed by atoms with Crippen molar-refractivity contribution >= 4 is 56.5 Å². The van der Waals surface area contributed by atoms with E-state index in [9.17, 15) is 13.2 Å². The van der Waals surface area contributed by atoms with Crippen LogP contribution in [0.4, 0.5) is 6.01 Å². The minimum Gasteiger partial charge on any atom is -0.403 e. The molecule has 8 nitrogen and oxygen atoms in total. The molecule has 1 amide bonds. The van der Waals surface area contributed by atoms with Gasteiger partial charge in [0.1, 0.15) is 4.34 Å². The first-order chi connectivity index (χ1) is 13.6. The standard InChI is InChI=1S/C17H16Cl2N4O4S2/c1-9(2)23(3)29(25,26)11-6-4-10(5-7-11)15(24)20-17-22-21-16(27-17)12-8-13(18)28-14(12)19/h4-9H,1-3H3,(H,20,22,24). The number of rotatable bonds is 6. The number of nitrogens with one attached hydrogen (secondary N) is 1. The lowest BCUT2D eigenvalue weighted by atomic mass is 10.2. The molecule has 12 heteroatoms. The largest absolute Gasteiger partial charge is 0.403 e. The maximum Gasteiger partial charge on any atom is 0.322 e. The molecule has 0 bridgehead atoms. The molecule has 1 N–H and O–H groups in total. The highest BCUT2D eigenvalue weighted by Crippen LogP contribution is 2.37. The first kappa shape index (κ1) is 21.7. The predicted molar refractivity (Wildman–Crippen MR) is 112 cm³/mol. The van der Waals surface area contributed by atoms with Crippen LogP contribution < -0.4 is 5.32 Å². The molecule has 2 heterocycles. The minimum absolute atomic E-state index is 0.0919. The summed E-state index contributed by atoms with van der Waals surface area (Å²) in [7, 11) is -2.13. The molecule has 0 aliphatic rings. The number of thiophene rings is 1. The second-order valence-corrected chi connectivity index (χ2v) is 10.5. The van der Waals surface area contributed by atoms with Crippen LogP contribution in [-0.4, -0.2) is 41.9 Å². The molecule has 3 aromatic rings. The van der Waals surface area contributed by atoms with E-state index in [2.05, 4.69) is 15.5 Å². The summed E-state index contributed by atoms with van der Waals surface area (Å²) < 4.78 is 32.5. The van der Waals surface area contributed by atoms with Crippen LogP contribution in [-0.2, 0) is 10.0 Å². The molecule has 0 radical (unpaired) electrons. The zero-order chi connectivity index (χ0) is 21.3. The summed E-state index contributed by atoms with van der Waals surface area (Å²) in [5.41, 5.74) is 0.700. The van der Waals surface area contributed by atoms with E-state index >= 15 is 0 Å². The molecular formula is C17H16Cl2N4O4S2. The maximum atomic E-state index is 12.5. The lowest BCUT2D eigenvalue weighted by molar-refractivity contribution is 0.102. The van der Waals surface area contributed by atoms with Gasteiger partial charge in [-0.25, -0.2) is 8.42 Å². The smallest absolute Gasteiger partial charge is 0.322 e. The molecule has 29 heavy (non-hydrogen) atoms. The molecule has 0 saturated heterocycles. The third-order valence-electron chi connectivity index (χ3n) is 4.05. The van der Waals surface area contributed by atoms with Crippen molar-refractivity contribution in [3.63, 3.8) is 0 Å². The Morgan fingerprint density at radius 1 is 1.21 bits per heavy atom. The van der Waals surface area contributed by atoms with E-state index in [1.54, 1.807) is 19.9 Å². The van der Waals surface area contributed by atoms with Gasteiger partial charge < -0.3 is 4.42 Å². The van der Waals surface area contributed by atoms with Crippen molar-refractivity contribution in [2.24, 2.45) is 0 Å². The number of nitrogens with zero attached hydrogens (tertiary/aromatic N) is 3. The zero-order valence-corrected chi connectivity index (χ0v) is 18.7. The van der Waals surface area contributed by atoms with Gasteiger partial charge in [-0.05, 0) is 44.2 Å². The van der Waals surface area contributed by atoms with Gasteiger partial charge in [-0.2, -0.15) is 4.31 Å². The van der Waals surface area contributed by atoms with Crippen LogP contribution >= 0.6 is 34.5 Å². The summed E-state index contributed by atoms with van der Waals surface area (Å²) in [4.78, 5) is 12.5. The Hall–Kier alpha value is -1.98. The Bertz CT molecular complexity index is 1140. The molecule has 154 valence electrons. The van der Waals surface area contributed by atoms with Gasteiger partial charge in [0.15, 0.2) is 0 Å². The average Bonchev–Trinajstić information content (AvgIpc) is 3.26. The summed E-state index contributed by atoms with van der Waals surface area (Å²) in [6, 6.07) is 6.82. The van der Waals surface area contributed by atoms with Crippen LogP contribution in [0.3, 0.4) is 0 Å². The summed E-state index contributed by atoms with van der Waals surface area (Å²) in [5, 5.41) is 10.1. The topological polar surface area (TPSA) is 105 Å².